The Morgan fingerprint density at radius 3 is 2.00 bits per heavy atom. The van der Waals surface area contributed by atoms with E-state index in [0.29, 0.717) is 17.5 Å². The molecule has 0 atom stereocenters. The summed E-state index contributed by atoms with van der Waals surface area (Å²) in [5.74, 6) is 0.731. The lowest BCUT2D eigenvalue weighted by molar-refractivity contribution is 0.0822. The van der Waals surface area contributed by atoms with Gasteiger partial charge in [-0.3, -0.25) is 4.90 Å². The lowest BCUT2D eigenvalue weighted by atomic mass is 10.00. The topological polar surface area (TPSA) is 37.4 Å². The minimum Gasteiger partial charge on any atom is -0.296 e. The normalized spacial score (nSPS) is 23.3. The molecule has 0 aromatic heterocycles. The summed E-state index contributed by atoms with van der Waals surface area (Å²) < 4.78 is 22.7. The molecule has 0 radical (unpaired) electrons. The van der Waals surface area contributed by atoms with E-state index in [2.05, 4.69) is 32.6 Å². The largest absolute Gasteiger partial charge is 0.296 e. The Labute approximate surface area is 93.8 Å². The van der Waals surface area contributed by atoms with Crippen LogP contribution in [0.3, 0.4) is 0 Å². The van der Waals surface area contributed by atoms with Gasteiger partial charge in [-0.15, -0.1) is 0 Å². The molecule has 1 fully saturated rings. The van der Waals surface area contributed by atoms with Crippen LogP contribution in [-0.4, -0.2) is 42.9 Å². The van der Waals surface area contributed by atoms with Crippen LogP contribution in [0.5, 0.6) is 0 Å². The summed E-state index contributed by atoms with van der Waals surface area (Å²) in [4.78, 5) is 2.42. The maximum Gasteiger partial charge on any atom is 0.150 e. The van der Waals surface area contributed by atoms with Gasteiger partial charge in [-0.2, -0.15) is 0 Å². The van der Waals surface area contributed by atoms with Crippen molar-refractivity contribution in [3.63, 3.8) is 0 Å². The highest BCUT2D eigenvalue weighted by molar-refractivity contribution is 7.91. The first-order chi connectivity index (χ1) is 6.76. The summed E-state index contributed by atoms with van der Waals surface area (Å²) in [7, 11) is -2.73. The first-order valence-electron chi connectivity index (χ1n) is 5.73. The Morgan fingerprint density at radius 2 is 1.67 bits per heavy atom. The Kier molecular flexibility index (Phi) is 3.82. The van der Waals surface area contributed by atoms with Crippen LogP contribution in [0.2, 0.25) is 0 Å². The second kappa shape index (κ2) is 4.42. The summed E-state index contributed by atoms with van der Waals surface area (Å²) in [5.41, 5.74) is 0.139. The van der Waals surface area contributed by atoms with Crippen LogP contribution in [-0.2, 0) is 9.84 Å². The molecule has 0 aliphatic carbocycles. The van der Waals surface area contributed by atoms with E-state index in [1.54, 1.807) is 0 Å². The predicted molar refractivity (Wildman–Crippen MR) is 63.8 cm³/mol. The van der Waals surface area contributed by atoms with Crippen molar-refractivity contribution in [3.05, 3.63) is 0 Å². The summed E-state index contributed by atoms with van der Waals surface area (Å²) >= 11 is 0. The summed E-state index contributed by atoms with van der Waals surface area (Å²) in [6, 6.07) is 0.443. The third kappa shape index (κ3) is 3.45. The zero-order valence-corrected chi connectivity index (χ0v) is 11.1. The second-order valence-corrected chi connectivity index (χ2v) is 7.64. The number of sulfone groups is 1. The number of hydrogen-bond acceptors (Lipinski definition) is 3. The van der Waals surface area contributed by atoms with Crippen molar-refractivity contribution in [2.75, 3.05) is 18.1 Å². The molecule has 0 aromatic rings. The van der Waals surface area contributed by atoms with Crippen molar-refractivity contribution in [3.8, 4) is 0 Å². The molecule has 1 saturated heterocycles. The summed E-state index contributed by atoms with van der Waals surface area (Å²) in [6.45, 7) is 9.72. The van der Waals surface area contributed by atoms with E-state index in [1.807, 2.05) is 0 Å². The van der Waals surface area contributed by atoms with Crippen molar-refractivity contribution in [1.82, 2.24) is 4.90 Å². The smallest absolute Gasteiger partial charge is 0.150 e. The quantitative estimate of drug-likeness (QED) is 0.728. The fourth-order valence-corrected chi connectivity index (χ4v) is 3.94. The molecule has 0 bridgehead atoms. The molecule has 1 heterocycles. The Bertz CT molecular complexity index is 289. The number of hydrogen-bond donors (Lipinski definition) is 0. The highest BCUT2D eigenvalue weighted by atomic mass is 32.2. The zero-order chi connectivity index (χ0) is 11.7. The minimum atomic E-state index is -2.73. The van der Waals surface area contributed by atoms with Crippen molar-refractivity contribution in [1.29, 1.82) is 0 Å². The van der Waals surface area contributed by atoms with Crippen molar-refractivity contribution < 1.29 is 8.42 Å². The first-order valence-corrected chi connectivity index (χ1v) is 7.55. The van der Waals surface area contributed by atoms with Gasteiger partial charge in [0.1, 0.15) is 9.84 Å². The van der Waals surface area contributed by atoms with Crippen LogP contribution in [0.4, 0.5) is 0 Å². The monoisotopic (exact) mass is 233 g/mol. The van der Waals surface area contributed by atoms with E-state index < -0.39 is 9.84 Å². The van der Waals surface area contributed by atoms with E-state index in [0.717, 1.165) is 19.4 Å². The van der Waals surface area contributed by atoms with Crippen molar-refractivity contribution in [2.45, 2.75) is 52.1 Å². The average molecular weight is 233 g/mol. The Hall–Kier alpha value is -0.0900. The summed E-state index contributed by atoms with van der Waals surface area (Å²) in [6.07, 6.45) is 1.60. The van der Waals surface area contributed by atoms with Crippen LogP contribution in [0.25, 0.3) is 0 Å². The van der Waals surface area contributed by atoms with E-state index in [9.17, 15) is 8.42 Å². The molecule has 0 unspecified atom stereocenters. The Morgan fingerprint density at radius 1 is 1.20 bits per heavy atom. The summed E-state index contributed by atoms with van der Waals surface area (Å²) in [5, 5.41) is 0. The van der Waals surface area contributed by atoms with Gasteiger partial charge in [0.15, 0.2) is 0 Å². The maximum absolute atomic E-state index is 11.3. The predicted octanol–water partition coefficient (Wildman–Crippen LogP) is 1.68. The SMILES string of the molecule is CCN(C1CCS(=O)(=O)CC1)C(C)(C)C. The molecule has 1 aliphatic heterocycles. The van der Waals surface area contributed by atoms with Gasteiger partial charge in [-0.1, -0.05) is 6.92 Å². The van der Waals surface area contributed by atoms with Crippen LogP contribution in [0.15, 0.2) is 0 Å². The average Bonchev–Trinajstić information content (AvgIpc) is 2.06. The van der Waals surface area contributed by atoms with Gasteiger partial charge in [-0.05, 0) is 40.2 Å². The van der Waals surface area contributed by atoms with Crippen LogP contribution < -0.4 is 0 Å². The molecule has 3 nitrogen and oxygen atoms in total. The van der Waals surface area contributed by atoms with Gasteiger partial charge in [0.25, 0.3) is 0 Å². The van der Waals surface area contributed by atoms with E-state index in [4.69, 9.17) is 0 Å². The highest BCUT2D eigenvalue weighted by Crippen LogP contribution is 2.24. The van der Waals surface area contributed by atoms with E-state index >= 15 is 0 Å². The Balaban J connectivity index is 2.66. The molecule has 0 N–H and O–H groups in total. The lowest BCUT2D eigenvalue weighted by Crippen LogP contribution is -2.50. The molecule has 90 valence electrons. The molecule has 15 heavy (non-hydrogen) atoms. The first kappa shape index (κ1) is 13.0. The fraction of sp³-hybridized carbons (Fsp3) is 1.00. The lowest BCUT2D eigenvalue weighted by Gasteiger charge is -2.42. The standard InChI is InChI=1S/C11H23NO2S/c1-5-12(11(2,3)4)10-6-8-15(13,14)9-7-10/h10H,5-9H2,1-4H3. The van der Waals surface area contributed by atoms with E-state index in [1.165, 1.54) is 0 Å². The molecule has 4 heteroatoms. The van der Waals surface area contributed by atoms with Crippen LogP contribution in [0.1, 0.15) is 40.5 Å². The molecule has 1 aliphatic rings. The molecule has 0 spiro atoms. The van der Waals surface area contributed by atoms with Gasteiger partial charge in [0.05, 0.1) is 11.5 Å². The molecule has 1 rings (SSSR count). The second-order valence-electron chi connectivity index (χ2n) is 5.34. The van der Waals surface area contributed by atoms with Gasteiger partial charge in [0.2, 0.25) is 0 Å². The van der Waals surface area contributed by atoms with Crippen molar-refractivity contribution in [2.24, 2.45) is 0 Å². The molecular formula is C11H23NO2S. The third-order valence-electron chi connectivity index (χ3n) is 3.17. The van der Waals surface area contributed by atoms with E-state index in [-0.39, 0.29) is 5.54 Å². The number of rotatable bonds is 2. The number of nitrogens with zero attached hydrogens (tertiary/aromatic N) is 1. The van der Waals surface area contributed by atoms with Crippen LogP contribution >= 0.6 is 0 Å². The molecule has 0 saturated carbocycles. The fourth-order valence-electron chi connectivity index (χ4n) is 2.47. The van der Waals surface area contributed by atoms with Crippen molar-refractivity contribution >= 4 is 9.84 Å². The zero-order valence-electron chi connectivity index (χ0n) is 10.3. The highest BCUT2D eigenvalue weighted by Gasteiger charge is 2.32. The van der Waals surface area contributed by atoms with Gasteiger partial charge in [-0.25, -0.2) is 8.42 Å². The minimum absolute atomic E-state index is 0.139. The molecule has 0 aromatic carbocycles. The molecular weight excluding hydrogens is 210 g/mol. The van der Waals surface area contributed by atoms with Gasteiger partial charge < -0.3 is 0 Å². The van der Waals surface area contributed by atoms with Gasteiger partial charge in [0, 0.05) is 11.6 Å². The van der Waals surface area contributed by atoms with Crippen LogP contribution in [0, 0.1) is 0 Å². The third-order valence-corrected chi connectivity index (χ3v) is 4.88. The maximum atomic E-state index is 11.3. The van der Waals surface area contributed by atoms with Gasteiger partial charge >= 0.3 is 0 Å². The molecule has 0 amide bonds.